The van der Waals surface area contributed by atoms with E-state index in [1.54, 1.807) is 63.4 Å². The molecular formula is C18H21N3O3S. The normalized spacial score (nSPS) is 10.8. The van der Waals surface area contributed by atoms with Gasteiger partial charge in [-0.15, -0.1) is 0 Å². The lowest BCUT2D eigenvalue weighted by molar-refractivity contribution is -0.126. The summed E-state index contributed by atoms with van der Waals surface area (Å²) in [7, 11) is 0. The van der Waals surface area contributed by atoms with Crippen LogP contribution in [0.5, 0.6) is 0 Å². The molecule has 2 amide bonds. The molecule has 0 fully saturated rings. The van der Waals surface area contributed by atoms with E-state index in [1.807, 2.05) is 0 Å². The summed E-state index contributed by atoms with van der Waals surface area (Å²) in [5.74, 6) is 0.317. The number of hydrogen-bond acceptors (Lipinski definition) is 4. The second-order valence-electron chi connectivity index (χ2n) is 6.50. The Morgan fingerprint density at radius 2 is 1.80 bits per heavy atom. The summed E-state index contributed by atoms with van der Waals surface area (Å²) in [6.45, 7) is 5.75. The van der Waals surface area contributed by atoms with Crippen LogP contribution >= 0.6 is 12.2 Å². The van der Waals surface area contributed by atoms with Crippen molar-refractivity contribution in [1.29, 1.82) is 0 Å². The third-order valence-electron chi connectivity index (χ3n) is 3.32. The molecule has 7 heteroatoms. The zero-order valence-electron chi connectivity index (χ0n) is 14.4. The fourth-order valence-corrected chi connectivity index (χ4v) is 2.05. The highest BCUT2D eigenvalue weighted by molar-refractivity contribution is 7.80. The molecule has 3 N–H and O–H groups in total. The maximum absolute atomic E-state index is 12.1. The highest BCUT2D eigenvalue weighted by Gasteiger charge is 2.21. The third kappa shape index (κ3) is 5.72. The van der Waals surface area contributed by atoms with Crippen LogP contribution < -0.4 is 16.0 Å². The van der Waals surface area contributed by atoms with Gasteiger partial charge in [-0.2, -0.15) is 0 Å². The molecule has 0 radical (unpaired) electrons. The zero-order chi connectivity index (χ0) is 18.4. The van der Waals surface area contributed by atoms with Crippen molar-refractivity contribution in [2.24, 2.45) is 5.41 Å². The van der Waals surface area contributed by atoms with Gasteiger partial charge in [0.25, 0.3) is 5.91 Å². The molecule has 2 rings (SSSR count). The largest absolute Gasteiger partial charge is 0.467 e. The molecule has 0 unspecified atom stereocenters. The molecular weight excluding hydrogens is 338 g/mol. The predicted octanol–water partition coefficient (Wildman–Crippen LogP) is 3.07. The van der Waals surface area contributed by atoms with E-state index in [2.05, 4.69) is 16.0 Å². The van der Waals surface area contributed by atoms with Crippen LogP contribution in [0.1, 0.15) is 36.9 Å². The Kier molecular flexibility index (Phi) is 5.93. The number of anilines is 1. The summed E-state index contributed by atoms with van der Waals surface area (Å²) in [5.41, 5.74) is 0.672. The van der Waals surface area contributed by atoms with Crippen molar-refractivity contribution in [3.63, 3.8) is 0 Å². The summed E-state index contributed by atoms with van der Waals surface area (Å²) in [6, 6.07) is 10.3. The van der Waals surface area contributed by atoms with Crippen molar-refractivity contribution in [3.8, 4) is 0 Å². The van der Waals surface area contributed by atoms with Crippen LogP contribution in [0.4, 0.5) is 5.69 Å². The summed E-state index contributed by atoms with van der Waals surface area (Å²) in [5, 5.41) is 8.54. The van der Waals surface area contributed by atoms with Gasteiger partial charge >= 0.3 is 0 Å². The van der Waals surface area contributed by atoms with E-state index < -0.39 is 5.41 Å². The van der Waals surface area contributed by atoms with Crippen LogP contribution in [0, 0.1) is 5.41 Å². The van der Waals surface area contributed by atoms with Crippen molar-refractivity contribution in [3.05, 3.63) is 54.0 Å². The number of furan rings is 1. The number of nitrogens with one attached hydrogen (secondary N) is 3. The molecule has 0 aliphatic carbocycles. The Morgan fingerprint density at radius 1 is 1.12 bits per heavy atom. The van der Waals surface area contributed by atoms with Crippen molar-refractivity contribution < 1.29 is 14.0 Å². The molecule has 1 aromatic heterocycles. The Labute approximate surface area is 152 Å². The van der Waals surface area contributed by atoms with Crippen LogP contribution in [-0.4, -0.2) is 16.9 Å². The minimum Gasteiger partial charge on any atom is -0.467 e. The Morgan fingerprint density at radius 3 is 2.36 bits per heavy atom. The van der Waals surface area contributed by atoms with Gasteiger partial charge in [-0.25, -0.2) is 0 Å². The number of carbonyl (C=O) groups is 2. The summed E-state index contributed by atoms with van der Waals surface area (Å²) in [6.07, 6.45) is 1.56. The van der Waals surface area contributed by atoms with E-state index in [0.717, 1.165) is 0 Å². The number of carbonyl (C=O) groups excluding carboxylic acids is 2. The molecule has 0 aliphatic heterocycles. The topological polar surface area (TPSA) is 83.4 Å². The van der Waals surface area contributed by atoms with Gasteiger partial charge in [0.2, 0.25) is 5.91 Å². The quantitative estimate of drug-likeness (QED) is 0.731. The summed E-state index contributed by atoms with van der Waals surface area (Å²) < 4.78 is 5.16. The Balaban J connectivity index is 1.87. The Bertz CT molecular complexity index is 747. The van der Waals surface area contributed by atoms with E-state index >= 15 is 0 Å². The second kappa shape index (κ2) is 7.94. The van der Waals surface area contributed by atoms with E-state index in [9.17, 15) is 9.59 Å². The first-order chi connectivity index (χ1) is 11.8. The molecule has 0 saturated carbocycles. The highest BCUT2D eigenvalue weighted by Crippen LogP contribution is 2.13. The predicted molar refractivity (Wildman–Crippen MR) is 100 cm³/mol. The standard InChI is InChI=1S/C18H21N3O3S/c1-18(2,3)16(23)21-17(25)20-13-8-6-12(7-9-13)15(22)19-11-14-5-4-10-24-14/h4-10H,11H2,1-3H3,(H,19,22)(H2,20,21,23,25). The maximum atomic E-state index is 12.1. The molecule has 1 aromatic carbocycles. The lowest BCUT2D eigenvalue weighted by Crippen LogP contribution is -2.41. The van der Waals surface area contributed by atoms with Gasteiger partial charge in [0.15, 0.2) is 5.11 Å². The molecule has 0 bridgehead atoms. The fourth-order valence-electron chi connectivity index (χ4n) is 1.84. The van der Waals surface area contributed by atoms with Crippen molar-refractivity contribution >= 4 is 34.8 Å². The lowest BCUT2D eigenvalue weighted by atomic mass is 9.96. The van der Waals surface area contributed by atoms with Crippen LogP contribution in [0.25, 0.3) is 0 Å². The average molecular weight is 359 g/mol. The first-order valence-electron chi connectivity index (χ1n) is 7.79. The monoisotopic (exact) mass is 359 g/mol. The molecule has 0 spiro atoms. The van der Waals surface area contributed by atoms with Crippen LogP contribution in [-0.2, 0) is 11.3 Å². The minimum atomic E-state index is -0.526. The first kappa shape index (κ1) is 18.7. The fraction of sp³-hybridized carbons (Fsp3) is 0.278. The summed E-state index contributed by atoms with van der Waals surface area (Å²) in [4.78, 5) is 24.0. The molecule has 0 aliphatic rings. The number of rotatable bonds is 4. The van der Waals surface area contributed by atoms with Gasteiger partial charge in [0.05, 0.1) is 12.8 Å². The third-order valence-corrected chi connectivity index (χ3v) is 3.52. The average Bonchev–Trinajstić information content (AvgIpc) is 3.05. The second-order valence-corrected chi connectivity index (χ2v) is 6.91. The van der Waals surface area contributed by atoms with Gasteiger partial charge in [-0.3, -0.25) is 9.59 Å². The van der Waals surface area contributed by atoms with Crippen LogP contribution in [0.3, 0.4) is 0 Å². The molecule has 1 heterocycles. The van der Waals surface area contributed by atoms with Crippen LogP contribution in [0.15, 0.2) is 47.1 Å². The number of thiocarbonyl (C=S) groups is 1. The van der Waals surface area contributed by atoms with Crippen molar-refractivity contribution in [2.45, 2.75) is 27.3 Å². The van der Waals surface area contributed by atoms with E-state index in [-0.39, 0.29) is 16.9 Å². The van der Waals surface area contributed by atoms with Gasteiger partial charge < -0.3 is 20.4 Å². The summed E-state index contributed by atoms with van der Waals surface area (Å²) >= 11 is 5.12. The van der Waals surface area contributed by atoms with Crippen molar-refractivity contribution in [2.75, 3.05) is 5.32 Å². The van der Waals surface area contributed by atoms with E-state index in [1.165, 1.54) is 0 Å². The highest BCUT2D eigenvalue weighted by atomic mass is 32.1. The number of benzene rings is 1. The zero-order valence-corrected chi connectivity index (χ0v) is 15.2. The first-order valence-corrected chi connectivity index (χ1v) is 8.19. The smallest absolute Gasteiger partial charge is 0.251 e. The van der Waals surface area contributed by atoms with Crippen LogP contribution in [0.2, 0.25) is 0 Å². The number of hydrogen-bond donors (Lipinski definition) is 3. The molecule has 2 aromatic rings. The lowest BCUT2D eigenvalue weighted by Gasteiger charge is -2.18. The number of amides is 2. The maximum Gasteiger partial charge on any atom is 0.251 e. The van der Waals surface area contributed by atoms with E-state index in [4.69, 9.17) is 16.6 Å². The van der Waals surface area contributed by atoms with Gasteiger partial charge in [-0.1, -0.05) is 20.8 Å². The van der Waals surface area contributed by atoms with Gasteiger partial charge in [0, 0.05) is 16.7 Å². The van der Waals surface area contributed by atoms with Gasteiger partial charge in [0.1, 0.15) is 5.76 Å². The molecule has 6 nitrogen and oxygen atoms in total. The van der Waals surface area contributed by atoms with E-state index in [0.29, 0.717) is 23.6 Å². The SMILES string of the molecule is CC(C)(C)C(=O)NC(=S)Nc1ccc(C(=O)NCc2ccco2)cc1. The van der Waals surface area contributed by atoms with Crippen molar-refractivity contribution in [1.82, 2.24) is 10.6 Å². The Hall–Kier alpha value is -2.67. The molecule has 132 valence electrons. The molecule has 25 heavy (non-hydrogen) atoms. The van der Waals surface area contributed by atoms with Gasteiger partial charge in [-0.05, 0) is 48.6 Å². The minimum absolute atomic E-state index is 0.168. The molecule has 0 saturated heterocycles. The molecule has 0 atom stereocenters.